The van der Waals surface area contributed by atoms with Gasteiger partial charge in [-0.15, -0.1) is 11.3 Å². The predicted octanol–water partition coefficient (Wildman–Crippen LogP) is 3.35. The van der Waals surface area contributed by atoms with Crippen LogP contribution in [-0.2, 0) is 25.7 Å². The van der Waals surface area contributed by atoms with Crippen LogP contribution in [0.4, 0.5) is 18.2 Å². The van der Waals surface area contributed by atoms with Crippen molar-refractivity contribution in [2.24, 2.45) is 0 Å². The van der Waals surface area contributed by atoms with Gasteiger partial charge in [0.2, 0.25) is 15.9 Å². The first-order valence-corrected chi connectivity index (χ1v) is 11.0. The molecule has 162 valence electrons. The van der Waals surface area contributed by atoms with Crippen molar-refractivity contribution in [1.29, 1.82) is 0 Å². The molecular formula is C18H17F3N2O5S2. The van der Waals surface area contributed by atoms with Crippen LogP contribution >= 0.6 is 11.3 Å². The van der Waals surface area contributed by atoms with Gasteiger partial charge in [0.1, 0.15) is 10.9 Å². The topological polar surface area (TPSA) is 92.8 Å². The molecule has 1 saturated heterocycles. The Balaban J connectivity index is 1.86. The van der Waals surface area contributed by atoms with E-state index in [9.17, 15) is 31.2 Å². The summed E-state index contributed by atoms with van der Waals surface area (Å²) < 4.78 is 71.3. The summed E-state index contributed by atoms with van der Waals surface area (Å²) in [5.74, 6) is -1.27. The van der Waals surface area contributed by atoms with Crippen LogP contribution in [0.1, 0.15) is 28.1 Å². The molecule has 7 nitrogen and oxygen atoms in total. The highest BCUT2D eigenvalue weighted by atomic mass is 32.2. The molecule has 0 saturated carbocycles. The van der Waals surface area contributed by atoms with Crippen LogP contribution in [0.5, 0.6) is 0 Å². The molecule has 1 amide bonds. The van der Waals surface area contributed by atoms with E-state index in [2.05, 4.69) is 10.1 Å². The molecule has 0 aliphatic carbocycles. The maximum atomic E-state index is 13.3. The molecule has 3 rings (SSSR count). The van der Waals surface area contributed by atoms with E-state index >= 15 is 0 Å². The number of benzene rings is 1. The minimum atomic E-state index is -4.86. The highest BCUT2D eigenvalue weighted by molar-refractivity contribution is 7.89. The molecule has 1 aromatic carbocycles. The Bertz CT molecular complexity index is 1070. The maximum Gasteiger partial charge on any atom is 0.417 e. The molecule has 1 aromatic heterocycles. The molecule has 0 bridgehead atoms. The summed E-state index contributed by atoms with van der Waals surface area (Å²) in [6.07, 6.45) is -4.37. The smallest absolute Gasteiger partial charge is 0.417 e. The van der Waals surface area contributed by atoms with E-state index < -0.39 is 44.6 Å². The number of sulfonamides is 1. The molecule has 2 aromatic rings. The molecule has 0 unspecified atom stereocenters. The van der Waals surface area contributed by atoms with Gasteiger partial charge < -0.3 is 10.1 Å². The molecule has 2 heterocycles. The Morgan fingerprint density at radius 3 is 2.57 bits per heavy atom. The summed E-state index contributed by atoms with van der Waals surface area (Å²) in [6, 6.07) is 5.61. The van der Waals surface area contributed by atoms with Crippen LogP contribution in [-0.4, -0.2) is 44.3 Å². The van der Waals surface area contributed by atoms with Crippen molar-refractivity contribution in [1.82, 2.24) is 4.31 Å². The standard InChI is InChI=1S/C18H17F3N2O5S2/c1-28-17(25)13-8-9-15(29-13)22-16(24)12-6-4-10-23(12)30(26,27)14-7-3-2-5-11(14)18(19,20)21/h2-3,5,7-9,12H,4,6,10H2,1H3,(H,22,24)/t12-/m0/s1. The molecule has 0 radical (unpaired) electrons. The van der Waals surface area contributed by atoms with Gasteiger partial charge in [0.25, 0.3) is 0 Å². The number of carbonyl (C=O) groups is 2. The number of esters is 1. The minimum Gasteiger partial charge on any atom is -0.465 e. The average molecular weight is 462 g/mol. The highest BCUT2D eigenvalue weighted by Crippen LogP contribution is 2.37. The molecule has 1 fully saturated rings. The zero-order valence-corrected chi connectivity index (χ0v) is 17.2. The van der Waals surface area contributed by atoms with Gasteiger partial charge in [-0.05, 0) is 37.1 Å². The van der Waals surface area contributed by atoms with Gasteiger partial charge in [-0.2, -0.15) is 17.5 Å². The summed E-state index contributed by atoms with van der Waals surface area (Å²) in [6.45, 7) is -0.0789. The third kappa shape index (κ3) is 4.35. The molecule has 1 aliphatic heterocycles. The number of anilines is 1. The van der Waals surface area contributed by atoms with Gasteiger partial charge in [-0.1, -0.05) is 12.1 Å². The van der Waals surface area contributed by atoms with Crippen LogP contribution in [0.25, 0.3) is 0 Å². The molecule has 1 atom stereocenters. The van der Waals surface area contributed by atoms with Gasteiger partial charge in [0.15, 0.2) is 0 Å². The van der Waals surface area contributed by atoms with E-state index in [4.69, 9.17) is 0 Å². The number of nitrogens with one attached hydrogen (secondary N) is 1. The third-order valence-electron chi connectivity index (χ3n) is 4.52. The summed E-state index contributed by atoms with van der Waals surface area (Å²) in [4.78, 5) is 23.6. The number of carbonyl (C=O) groups excluding carboxylic acids is 2. The number of halogens is 3. The second-order valence-electron chi connectivity index (χ2n) is 6.41. The lowest BCUT2D eigenvalue weighted by molar-refractivity contribution is -0.139. The quantitative estimate of drug-likeness (QED) is 0.688. The Hall–Kier alpha value is -2.44. The van der Waals surface area contributed by atoms with E-state index in [0.717, 1.165) is 27.8 Å². The lowest BCUT2D eigenvalue weighted by atomic mass is 10.2. The monoisotopic (exact) mass is 462 g/mol. The van der Waals surface area contributed by atoms with Crippen LogP contribution in [0.15, 0.2) is 41.3 Å². The van der Waals surface area contributed by atoms with Gasteiger partial charge in [0, 0.05) is 6.54 Å². The first kappa shape index (κ1) is 22.2. The third-order valence-corrected chi connectivity index (χ3v) is 7.47. The Labute approximate surface area is 174 Å². The number of amides is 1. The zero-order chi connectivity index (χ0) is 22.1. The Kier molecular flexibility index (Phi) is 6.20. The fourth-order valence-corrected chi connectivity index (χ4v) is 5.86. The summed E-state index contributed by atoms with van der Waals surface area (Å²) in [5.41, 5.74) is -1.28. The number of hydrogen-bond donors (Lipinski definition) is 1. The Morgan fingerprint density at radius 1 is 1.20 bits per heavy atom. The van der Waals surface area contributed by atoms with Gasteiger partial charge >= 0.3 is 12.1 Å². The van der Waals surface area contributed by atoms with Gasteiger partial charge in [0.05, 0.1) is 22.6 Å². The number of hydrogen-bond acceptors (Lipinski definition) is 6. The fourth-order valence-electron chi connectivity index (χ4n) is 3.16. The summed E-state index contributed by atoms with van der Waals surface area (Å²) in [7, 11) is -3.36. The summed E-state index contributed by atoms with van der Waals surface area (Å²) in [5, 5.41) is 2.82. The summed E-state index contributed by atoms with van der Waals surface area (Å²) >= 11 is 0.940. The van der Waals surface area contributed by atoms with Crippen molar-refractivity contribution in [3.8, 4) is 0 Å². The zero-order valence-electron chi connectivity index (χ0n) is 15.6. The van der Waals surface area contributed by atoms with E-state index in [1.807, 2.05) is 0 Å². The SMILES string of the molecule is COC(=O)c1ccc(NC(=O)[C@@H]2CCCN2S(=O)(=O)c2ccccc2C(F)(F)F)s1. The predicted molar refractivity (Wildman–Crippen MR) is 103 cm³/mol. The van der Waals surface area contributed by atoms with E-state index in [-0.39, 0.29) is 17.8 Å². The van der Waals surface area contributed by atoms with Gasteiger partial charge in [-0.25, -0.2) is 13.2 Å². The van der Waals surface area contributed by atoms with E-state index in [1.165, 1.54) is 25.3 Å². The van der Waals surface area contributed by atoms with Crippen molar-refractivity contribution in [2.75, 3.05) is 19.0 Å². The van der Waals surface area contributed by atoms with Crippen LogP contribution in [0.2, 0.25) is 0 Å². The van der Waals surface area contributed by atoms with Crippen LogP contribution < -0.4 is 5.32 Å². The first-order valence-electron chi connectivity index (χ1n) is 8.73. The number of thiophene rings is 1. The van der Waals surface area contributed by atoms with Crippen molar-refractivity contribution in [2.45, 2.75) is 30.0 Å². The number of ether oxygens (including phenoxy) is 1. The number of methoxy groups -OCH3 is 1. The van der Waals surface area contributed by atoms with E-state index in [1.54, 1.807) is 0 Å². The normalized spacial score (nSPS) is 17.7. The largest absolute Gasteiger partial charge is 0.465 e. The molecule has 1 aliphatic rings. The minimum absolute atomic E-state index is 0.0789. The van der Waals surface area contributed by atoms with Crippen molar-refractivity contribution in [3.63, 3.8) is 0 Å². The first-order chi connectivity index (χ1) is 14.1. The van der Waals surface area contributed by atoms with Crippen molar-refractivity contribution in [3.05, 3.63) is 46.8 Å². The second-order valence-corrected chi connectivity index (χ2v) is 9.36. The lowest BCUT2D eigenvalue weighted by Crippen LogP contribution is -2.43. The number of rotatable bonds is 5. The molecule has 12 heteroatoms. The van der Waals surface area contributed by atoms with Crippen LogP contribution in [0.3, 0.4) is 0 Å². The van der Waals surface area contributed by atoms with E-state index in [0.29, 0.717) is 17.5 Å². The van der Waals surface area contributed by atoms with Crippen LogP contribution in [0, 0.1) is 0 Å². The number of nitrogens with zero attached hydrogens (tertiary/aromatic N) is 1. The van der Waals surface area contributed by atoms with Crippen molar-refractivity contribution >= 4 is 38.2 Å². The second kappa shape index (κ2) is 8.36. The lowest BCUT2D eigenvalue weighted by Gasteiger charge is -2.24. The molecule has 1 N–H and O–H groups in total. The Morgan fingerprint density at radius 2 is 1.90 bits per heavy atom. The average Bonchev–Trinajstić information content (AvgIpc) is 3.36. The van der Waals surface area contributed by atoms with Crippen molar-refractivity contribution < 1.29 is 35.9 Å². The molecule has 30 heavy (non-hydrogen) atoms. The molecule has 0 spiro atoms. The number of alkyl halides is 3. The molecular weight excluding hydrogens is 445 g/mol. The maximum absolute atomic E-state index is 13.3. The fraction of sp³-hybridized carbons (Fsp3) is 0.333. The van der Waals surface area contributed by atoms with Gasteiger partial charge in [-0.3, -0.25) is 4.79 Å². The highest BCUT2D eigenvalue weighted by Gasteiger charge is 2.44.